The first-order valence-corrected chi connectivity index (χ1v) is 10.6. The lowest BCUT2D eigenvalue weighted by atomic mass is 9.97. The number of primary amides is 1. The Morgan fingerprint density at radius 2 is 1.73 bits per heavy atom. The van der Waals surface area contributed by atoms with Crippen LogP contribution in [0.15, 0.2) is 4.99 Å². The molecule has 0 radical (unpaired) electrons. The standard InChI is InChI=1S/C20H41N5O/c1-3-4-5-6-7-8-9-13-23-20(22-2)24-14-11-16-25-15-10-12-18(17-25)19(21)26/h18H,3-17H2,1-2H3,(H2,21,26)(H2,22,23,24). The Labute approximate surface area is 160 Å². The first-order chi connectivity index (χ1) is 12.7. The molecular weight excluding hydrogens is 326 g/mol. The number of carbonyl (C=O) groups is 1. The van der Waals surface area contributed by atoms with Crippen molar-refractivity contribution in [1.82, 2.24) is 15.5 Å². The summed E-state index contributed by atoms with van der Waals surface area (Å²) >= 11 is 0. The molecule has 1 saturated heterocycles. The van der Waals surface area contributed by atoms with Gasteiger partial charge >= 0.3 is 0 Å². The van der Waals surface area contributed by atoms with Gasteiger partial charge in [0, 0.05) is 26.7 Å². The molecule has 26 heavy (non-hydrogen) atoms. The summed E-state index contributed by atoms with van der Waals surface area (Å²) in [5.74, 6) is 0.778. The average molecular weight is 368 g/mol. The summed E-state index contributed by atoms with van der Waals surface area (Å²) in [6, 6.07) is 0. The highest BCUT2D eigenvalue weighted by Crippen LogP contribution is 2.15. The highest BCUT2D eigenvalue weighted by atomic mass is 16.1. The van der Waals surface area contributed by atoms with E-state index in [2.05, 4.69) is 27.4 Å². The van der Waals surface area contributed by atoms with E-state index in [9.17, 15) is 4.79 Å². The number of hydrogen-bond acceptors (Lipinski definition) is 3. The maximum Gasteiger partial charge on any atom is 0.221 e. The van der Waals surface area contributed by atoms with Crippen LogP contribution in [0.1, 0.15) is 71.1 Å². The van der Waals surface area contributed by atoms with Gasteiger partial charge in [-0.2, -0.15) is 0 Å². The molecular formula is C20H41N5O. The van der Waals surface area contributed by atoms with E-state index in [1.54, 1.807) is 0 Å². The second-order valence-electron chi connectivity index (χ2n) is 7.44. The summed E-state index contributed by atoms with van der Waals surface area (Å²) in [6.45, 7) is 7.04. The molecule has 1 amide bonds. The number of unbranched alkanes of at least 4 members (excludes halogenated alkanes) is 6. The second-order valence-corrected chi connectivity index (χ2v) is 7.44. The number of aliphatic imine (C=N–C) groups is 1. The number of rotatable bonds is 13. The van der Waals surface area contributed by atoms with Crippen LogP contribution in [-0.2, 0) is 4.79 Å². The van der Waals surface area contributed by atoms with Gasteiger partial charge in [-0.15, -0.1) is 0 Å². The van der Waals surface area contributed by atoms with Crippen LogP contribution in [-0.4, -0.2) is 56.5 Å². The van der Waals surface area contributed by atoms with Gasteiger partial charge in [0.05, 0.1) is 5.92 Å². The number of piperidine rings is 1. The lowest BCUT2D eigenvalue weighted by Crippen LogP contribution is -2.43. The number of nitrogens with two attached hydrogens (primary N) is 1. The summed E-state index contributed by atoms with van der Waals surface area (Å²) in [5, 5.41) is 6.78. The van der Waals surface area contributed by atoms with E-state index in [0.29, 0.717) is 0 Å². The number of guanidine groups is 1. The second kappa shape index (κ2) is 14.8. The van der Waals surface area contributed by atoms with Crippen LogP contribution >= 0.6 is 0 Å². The topological polar surface area (TPSA) is 82.8 Å². The summed E-state index contributed by atoms with van der Waals surface area (Å²) < 4.78 is 0. The van der Waals surface area contributed by atoms with Crippen LogP contribution in [0.3, 0.4) is 0 Å². The van der Waals surface area contributed by atoms with E-state index in [-0.39, 0.29) is 11.8 Å². The van der Waals surface area contributed by atoms with Gasteiger partial charge in [-0.25, -0.2) is 0 Å². The van der Waals surface area contributed by atoms with E-state index in [1.807, 2.05) is 7.05 Å². The SMILES string of the molecule is CCCCCCCCCNC(=NC)NCCCN1CCCC(C(N)=O)C1. The quantitative estimate of drug-likeness (QED) is 0.265. The molecule has 0 aromatic rings. The molecule has 0 spiro atoms. The van der Waals surface area contributed by atoms with Gasteiger partial charge in [0.25, 0.3) is 0 Å². The largest absolute Gasteiger partial charge is 0.369 e. The fourth-order valence-electron chi connectivity index (χ4n) is 3.51. The Bertz CT molecular complexity index is 400. The zero-order valence-corrected chi connectivity index (χ0v) is 17.1. The predicted octanol–water partition coefficient (Wildman–Crippen LogP) is 2.49. The summed E-state index contributed by atoms with van der Waals surface area (Å²) in [7, 11) is 1.82. The lowest BCUT2D eigenvalue weighted by molar-refractivity contribution is -0.123. The minimum Gasteiger partial charge on any atom is -0.369 e. The molecule has 0 aromatic carbocycles. The molecule has 0 saturated carbocycles. The number of carbonyl (C=O) groups excluding carboxylic acids is 1. The molecule has 1 atom stereocenters. The fourth-order valence-corrected chi connectivity index (χ4v) is 3.51. The van der Waals surface area contributed by atoms with Crippen LogP contribution in [0.25, 0.3) is 0 Å². The van der Waals surface area contributed by atoms with Crippen LogP contribution in [0.5, 0.6) is 0 Å². The van der Waals surface area contributed by atoms with Crippen molar-refractivity contribution in [2.45, 2.75) is 71.1 Å². The molecule has 1 heterocycles. The summed E-state index contributed by atoms with van der Waals surface area (Å²) in [5.41, 5.74) is 5.44. The Balaban J connectivity index is 2.01. The van der Waals surface area contributed by atoms with Crippen LogP contribution in [0.2, 0.25) is 0 Å². The van der Waals surface area contributed by atoms with Crippen molar-refractivity contribution in [3.05, 3.63) is 0 Å². The average Bonchev–Trinajstić information content (AvgIpc) is 2.65. The van der Waals surface area contributed by atoms with Gasteiger partial charge in [0.15, 0.2) is 5.96 Å². The third-order valence-corrected chi connectivity index (χ3v) is 5.15. The van der Waals surface area contributed by atoms with Gasteiger partial charge in [0.2, 0.25) is 5.91 Å². The Morgan fingerprint density at radius 1 is 1.08 bits per heavy atom. The van der Waals surface area contributed by atoms with Crippen molar-refractivity contribution in [2.24, 2.45) is 16.6 Å². The van der Waals surface area contributed by atoms with Gasteiger partial charge in [0.1, 0.15) is 0 Å². The van der Waals surface area contributed by atoms with E-state index in [1.165, 1.54) is 44.9 Å². The third-order valence-electron chi connectivity index (χ3n) is 5.15. The molecule has 4 N–H and O–H groups in total. The maximum atomic E-state index is 11.3. The molecule has 1 aliphatic rings. The fraction of sp³-hybridized carbons (Fsp3) is 0.900. The van der Waals surface area contributed by atoms with Gasteiger partial charge in [-0.05, 0) is 38.8 Å². The predicted molar refractivity (Wildman–Crippen MR) is 110 cm³/mol. The van der Waals surface area contributed by atoms with Crippen LogP contribution < -0.4 is 16.4 Å². The number of likely N-dealkylation sites (tertiary alicyclic amines) is 1. The van der Waals surface area contributed by atoms with Crippen molar-refractivity contribution in [3.63, 3.8) is 0 Å². The van der Waals surface area contributed by atoms with E-state index >= 15 is 0 Å². The minimum absolute atomic E-state index is 0.0353. The smallest absolute Gasteiger partial charge is 0.221 e. The minimum atomic E-state index is -0.150. The molecule has 0 bridgehead atoms. The Morgan fingerprint density at radius 3 is 2.38 bits per heavy atom. The van der Waals surface area contributed by atoms with Gasteiger partial charge < -0.3 is 21.3 Å². The van der Waals surface area contributed by atoms with Crippen molar-refractivity contribution < 1.29 is 4.79 Å². The Kier molecular flexibility index (Phi) is 13.0. The molecule has 1 rings (SSSR count). The Hall–Kier alpha value is -1.30. The van der Waals surface area contributed by atoms with Crippen LogP contribution in [0.4, 0.5) is 0 Å². The third kappa shape index (κ3) is 10.6. The number of nitrogens with zero attached hydrogens (tertiary/aromatic N) is 2. The van der Waals surface area contributed by atoms with E-state index < -0.39 is 0 Å². The molecule has 6 heteroatoms. The number of nitrogens with one attached hydrogen (secondary N) is 2. The summed E-state index contributed by atoms with van der Waals surface area (Å²) in [4.78, 5) is 18.0. The maximum absolute atomic E-state index is 11.3. The molecule has 1 aliphatic heterocycles. The monoisotopic (exact) mass is 367 g/mol. The van der Waals surface area contributed by atoms with Gasteiger partial charge in [-0.3, -0.25) is 9.79 Å². The molecule has 0 aromatic heterocycles. The lowest BCUT2D eigenvalue weighted by Gasteiger charge is -2.31. The molecule has 1 fully saturated rings. The first-order valence-electron chi connectivity index (χ1n) is 10.6. The van der Waals surface area contributed by atoms with E-state index in [0.717, 1.165) is 57.9 Å². The highest BCUT2D eigenvalue weighted by Gasteiger charge is 2.23. The number of amides is 1. The highest BCUT2D eigenvalue weighted by molar-refractivity contribution is 5.79. The molecule has 6 nitrogen and oxygen atoms in total. The molecule has 152 valence electrons. The van der Waals surface area contributed by atoms with Crippen molar-refractivity contribution >= 4 is 11.9 Å². The summed E-state index contributed by atoms with van der Waals surface area (Å²) in [6.07, 6.45) is 12.3. The van der Waals surface area contributed by atoms with E-state index in [4.69, 9.17) is 5.73 Å². The normalized spacial score (nSPS) is 18.7. The van der Waals surface area contributed by atoms with Crippen LogP contribution in [0, 0.1) is 5.92 Å². The van der Waals surface area contributed by atoms with Crippen molar-refractivity contribution in [1.29, 1.82) is 0 Å². The van der Waals surface area contributed by atoms with Crippen molar-refractivity contribution in [3.8, 4) is 0 Å². The zero-order chi connectivity index (χ0) is 19.0. The molecule has 0 aliphatic carbocycles. The number of hydrogen-bond donors (Lipinski definition) is 3. The first kappa shape index (κ1) is 22.7. The molecule has 1 unspecified atom stereocenters. The zero-order valence-electron chi connectivity index (χ0n) is 17.1. The van der Waals surface area contributed by atoms with Crippen molar-refractivity contribution in [2.75, 3.05) is 39.8 Å². The van der Waals surface area contributed by atoms with Gasteiger partial charge in [-0.1, -0.05) is 45.4 Å².